The first-order valence-corrected chi connectivity index (χ1v) is 16.0. The van der Waals surface area contributed by atoms with Crippen molar-refractivity contribution in [3.63, 3.8) is 0 Å². The van der Waals surface area contributed by atoms with Crippen LogP contribution in [-0.2, 0) is 31.8 Å². The summed E-state index contributed by atoms with van der Waals surface area (Å²) in [7, 11) is -3.56. The van der Waals surface area contributed by atoms with Crippen molar-refractivity contribution >= 4 is 44.6 Å². The fourth-order valence-electron chi connectivity index (χ4n) is 5.29. The number of rotatable bonds is 9. The first-order valence-electron chi connectivity index (χ1n) is 13.8. The average molecular weight is 663 g/mol. The van der Waals surface area contributed by atoms with Gasteiger partial charge in [-0.3, -0.25) is 0 Å². The largest absolute Gasteiger partial charge is 0.491 e. The highest BCUT2D eigenvalue weighted by atomic mass is 35.5. The van der Waals surface area contributed by atoms with E-state index in [2.05, 4.69) is 9.88 Å². The fraction of sp³-hybridized carbons (Fsp3) is 0.300. The number of sulfonamides is 1. The number of hydrogen-bond acceptors (Lipinski definition) is 8. The van der Waals surface area contributed by atoms with E-state index in [1.54, 1.807) is 48.9 Å². The number of hydrogen-bond donors (Lipinski definition) is 1. The molecule has 2 aliphatic rings. The van der Waals surface area contributed by atoms with Crippen molar-refractivity contribution < 1.29 is 28.1 Å². The minimum Gasteiger partial charge on any atom is -0.491 e. The second-order valence-electron chi connectivity index (χ2n) is 10.4. The zero-order valence-corrected chi connectivity index (χ0v) is 26.0. The third kappa shape index (κ3) is 6.81. The van der Waals surface area contributed by atoms with Crippen molar-refractivity contribution in [1.29, 1.82) is 0 Å². The second kappa shape index (κ2) is 13.3. The Labute approximate surface area is 266 Å². The molecule has 14 heteroatoms. The van der Waals surface area contributed by atoms with E-state index in [-0.39, 0.29) is 23.1 Å². The molecule has 2 atom stereocenters. The maximum absolute atomic E-state index is 13.0. The van der Waals surface area contributed by atoms with Crippen molar-refractivity contribution in [1.82, 2.24) is 13.9 Å². The first kappa shape index (κ1) is 32.0. The molecule has 3 aromatic carbocycles. The van der Waals surface area contributed by atoms with Gasteiger partial charge in [0.25, 0.3) is 0 Å². The third-order valence-electron chi connectivity index (χ3n) is 7.55. The fourth-order valence-corrected chi connectivity index (χ4v) is 7.27. The van der Waals surface area contributed by atoms with Crippen LogP contribution in [-0.4, -0.2) is 73.2 Å². The summed E-state index contributed by atoms with van der Waals surface area (Å²) < 4.78 is 48.2. The molecule has 0 radical (unpaired) electrons. The molecule has 0 unspecified atom stereocenters. The molecule has 11 nitrogen and oxygen atoms in total. The standard InChI is InChI=1S/C30H31Cl2N5O5S.H2O/c31-22-1-10-28(29(32)17-22)30(20-35-12-11-34-21-35)41-19-26(42-30)18-40-25-6-4-24(5-7-25)36-13-15-37(16-14-36)43(38,39)27-8-2-23(33)3-9-27;/h1-12,17,21,26H,13-16,18-20,33H2;1H2/t26-,30-;/m1./s1. The van der Waals surface area contributed by atoms with Gasteiger partial charge in [0, 0.05) is 60.5 Å². The molecule has 44 heavy (non-hydrogen) atoms. The SMILES string of the molecule is Nc1ccc(S(=O)(=O)N2CCN(c3ccc(OC[C@@H]4CO[C@@](Cn5ccnc5)(c5ccc(Cl)cc5Cl)O4)cc3)CC2)cc1.O. The monoisotopic (exact) mass is 661 g/mol. The number of aromatic nitrogens is 2. The molecular formula is C30H33Cl2N5O6S. The van der Waals surface area contributed by atoms with Crippen LogP contribution in [0.15, 0.2) is 90.3 Å². The van der Waals surface area contributed by atoms with Crippen LogP contribution in [0.2, 0.25) is 10.0 Å². The summed E-state index contributed by atoms with van der Waals surface area (Å²) in [4.78, 5) is 6.54. The van der Waals surface area contributed by atoms with Gasteiger partial charge >= 0.3 is 0 Å². The molecule has 2 aliphatic heterocycles. The van der Waals surface area contributed by atoms with Crippen LogP contribution < -0.4 is 15.4 Å². The van der Waals surface area contributed by atoms with Gasteiger partial charge in [-0.25, -0.2) is 13.4 Å². The normalized spacial score (nSPS) is 20.8. The second-order valence-corrected chi connectivity index (χ2v) is 13.2. The van der Waals surface area contributed by atoms with Gasteiger partial charge in [-0.2, -0.15) is 4.31 Å². The highest BCUT2D eigenvalue weighted by Crippen LogP contribution is 2.40. The predicted molar refractivity (Wildman–Crippen MR) is 169 cm³/mol. The summed E-state index contributed by atoms with van der Waals surface area (Å²) in [6.45, 7) is 2.88. The zero-order chi connectivity index (χ0) is 30.0. The van der Waals surface area contributed by atoms with Gasteiger partial charge in [0.2, 0.25) is 15.8 Å². The molecule has 2 fully saturated rings. The van der Waals surface area contributed by atoms with Crippen molar-refractivity contribution in [2.45, 2.75) is 23.3 Å². The first-order chi connectivity index (χ1) is 20.7. The lowest BCUT2D eigenvalue weighted by Gasteiger charge is -2.35. The van der Waals surface area contributed by atoms with E-state index < -0.39 is 15.8 Å². The van der Waals surface area contributed by atoms with Crippen LogP contribution in [0.4, 0.5) is 11.4 Å². The number of ether oxygens (including phenoxy) is 3. The number of benzene rings is 3. The Balaban J connectivity index is 0.00000384. The van der Waals surface area contributed by atoms with Crippen molar-refractivity contribution in [3.8, 4) is 5.75 Å². The summed E-state index contributed by atoms with van der Waals surface area (Å²) in [6.07, 6.45) is 4.89. The Bertz CT molecular complexity index is 1650. The van der Waals surface area contributed by atoms with Gasteiger partial charge in [-0.05, 0) is 60.7 Å². The number of nitrogens with two attached hydrogens (primary N) is 1. The van der Waals surface area contributed by atoms with Gasteiger partial charge in [0.1, 0.15) is 18.5 Å². The summed E-state index contributed by atoms with van der Waals surface area (Å²) >= 11 is 12.7. The molecule has 0 spiro atoms. The average Bonchev–Trinajstić information content (AvgIpc) is 3.67. The number of halogens is 2. The summed E-state index contributed by atoms with van der Waals surface area (Å²) in [5.74, 6) is -0.433. The quantitative estimate of drug-likeness (QED) is 0.267. The number of imidazole rings is 1. The Morgan fingerprint density at radius 1 is 1.00 bits per heavy atom. The lowest BCUT2D eigenvalue weighted by atomic mass is 10.1. The molecule has 6 rings (SSSR count). The number of piperazine rings is 1. The third-order valence-corrected chi connectivity index (χ3v) is 10.0. The summed E-state index contributed by atoms with van der Waals surface area (Å²) in [6, 6.07) is 19.3. The van der Waals surface area contributed by atoms with Crippen molar-refractivity contribution in [2.75, 3.05) is 50.0 Å². The molecule has 3 heterocycles. The highest BCUT2D eigenvalue weighted by Gasteiger charge is 2.45. The van der Waals surface area contributed by atoms with Crippen LogP contribution in [0, 0.1) is 0 Å². The lowest BCUT2D eigenvalue weighted by Crippen LogP contribution is -2.48. The van der Waals surface area contributed by atoms with E-state index in [1.165, 1.54) is 4.31 Å². The maximum Gasteiger partial charge on any atom is 0.243 e. The van der Waals surface area contributed by atoms with E-state index >= 15 is 0 Å². The minimum absolute atomic E-state index is 0. The topological polar surface area (TPSA) is 144 Å². The van der Waals surface area contributed by atoms with Gasteiger partial charge < -0.3 is 34.9 Å². The smallest absolute Gasteiger partial charge is 0.243 e. The van der Waals surface area contributed by atoms with Crippen molar-refractivity contribution in [3.05, 3.63) is 101 Å². The van der Waals surface area contributed by atoms with E-state index in [0.29, 0.717) is 66.4 Å². The maximum atomic E-state index is 13.0. The summed E-state index contributed by atoms with van der Waals surface area (Å²) in [5.41, 5.74) is 7.91. The molecule has 0 aliphatic carbocycles. The molecule has 0 saturated carbocycles. The Hall–Kier alpha value is -3.36. The van der Waals surface area contributed by atoms with E-state index in [0.717, 1.165) is 5.69 Å². The zero-order valence-electron chi connectivity index (χ0n) is 23.7. The molecule has 0 bridgehead atoms. The van der Waals surface area contributed by atoms with Gasteiger partial charge in [-0.1, -0.05) is 29.3 Å². The molecule has 0 amide bonds. The number of anilines is 2. The highest BCUT2D eigenvalue weighted by molar-refractivity contribution is 7.89. The molecule has 1 aromatic heterocycles. The van der Waals surface area contributed by atoms with E-state index in [9.17, 15) is 8.42 Å². The molecule has 2 saturated heterocycles. The van der Waals surface area contributed by atoms with Crippen LogP contribution in [0.5, 0.6) is 5.75 Å². The van der Waals surface area contributed by atoms with E-state index in [1.807, 2.05) is 41.1 Å². The Morgan fingerprint density at radius 2 is 1.73 bits per heavy atom. The van der Waals surface area contributed by atoms with Crippen LogP contribution >= 0.6 is 23.2 Å². The Kier molecular flexibility index (Phi) is 9.71. The number of nitrogens with zero attached hydrogens (tertiary/aromatic N) is 4. The van der Waals surface area contributed by atoms with E-state index in [4.69, 9.17) is 43.1 Å². The Morgan fingerprint density at radius 3 is 2.39 bits per heavy atom. The molecule has 234 valence electrons. The van der Waals surface area contributed by atoms with Gasteiger partial charge in [0.05, 0.1) is 29.4 Å². The van der Waals surface area contributed by atoms with Crippen LogP contribution in [0.1, 0.15) is 5.56 Å². The molecule has 4 aromatic rings. The summed E-state index contributed by atoms with van der Waals surface area (Å²) in [5, 5.41) is 0.978. The van der Waals surface area contributed by atoms with Crippen molar-refractivity contribution in [2.24, 2.45) is 0 Å². The van der Waals surface area contributed by atoms with Crippen LogP contribution in [0.3, 0.4) is 0 Å². The number of nitrogen functional groups attached to an aromatic ring is 1. The minimum atomic E-state index is -3.56. The lowest BCUT2D eigenvalue weighted by molar-refractivity contribution is -0.189. The predicted octanol–water partition coefficient (Wildman–Crippen LogP) is 3.81. The van der Waals surface area contributed by atoms with Crippen LogP contribution in [0.25, 0.3) is 0 Å². The van der Waals surface area contributed by atoms with Gasteiger partial charge in [0.15, 0.2) is 0 Å². The molecule has 4 N–H and O–H groups in total. The van der Waals surface area contributed by atoms with Gasteiger partial charge in [-0.15, -0.1) is 0 Å². The molecular weight excluding hydrogens is 629 g/mol.